The van der Waals surface area contributed by atoms with Gasteiger partial charge in [0.1, 0.15) is 47.8 Å². The number of nitrogen functional groups attached to an aromatic ring is 2. The summed E-state index contributed by atoms with van der Waals surface area (Å²) >= 11 is 0.590. The van der Waals surface area contributed by atoms with Gasteiger partial charge in [0.25, 0.3) is 0 Å². The lowest BCUT2D eigenvalue weighted by molar-refractivity contribution is -0.0648. The molecule has 3 saturated heterocycles. The molecule has 4 bridgehead atoms. The van der Waals surface area contributed by atoms with Crippen LogP contribution in [0.25, 0.3) is 11.2 Å². The first-order chi connectivity index (χ1) is 28.2. The van der Waals surface area contributed by atoms with E-state index in [0.29, 0.717) is 22.5 Å². The third-order valence-electron chi connectivity index (χ3n) is 9.43. The van der Waals surface area contributed by atoms with Crippen LogP contribution in [0.4, 0.5) is 20.4 Å². The second-order valence-corrected chi connectivity index (χ2v) is 18.9. The van der Waals surface area contributed by atoms with Crippen molar-refractivity contribution in [2.75, 3.05) is 24.7 Å². The number of halogens is 2. The average Bonchev–Trinajstić information content (AvgIpc) is 3.86. The maximum absolute atomic E-state index is 16.4. The van der Waals surface area contributed by atoms with Crippen LogP contribution in [0.5, 0.6) is 5.75 Å². The minimum Gasteiger partial charge on any atom is -0.423 e. The fraction of sp³-hybridized carbons (Fsp3) is 0.353. The number of nitrogens with two attached hydrogens (primary N) is 2. The van der Waals surface area contributed by atoms with E-state index in [1.165, 1.54) is 29.1 Å². The van der Waals surface area contributed by atoms with E-state index in [9.17, 15) is 23.6 Å². The number of phosphoric ester groups is 1. The van der Waals surface area contributed by atoms with E-state index in [-0.39, 0.29) is 34.3 Å². The molecule has 25 heteroatoms. The van der Waals surface area contributed by atoms with Crippen LogP contribution in [-0.4, -0.2) is 89.9 Å². The zero-order chi connectivity index (χ0) is 41.6. The lowest BCUT2D eigenvalue weighted by Gasteiger charge is -2.27. The van der Waals surface area contributed by atoms with Gasteiger partial charge in [0.2, 0.25) is 0 Å². The summed E-state index contributed by atoms with van der Waals surface area (Å²) in [6.07, 6.45) is -11.5. The van der Waals surface area contributed by atoms with Crippen molar-refractivity contribution in [3.8, 4) is 5.75 Å². The Labute approximate surface area is 336 Å². The van der Waals surface area contributed by atoms with Crippen molar-refractivity contribution < 1.29 is 59.9 Å². The Balaban J connectivity index is 1.09. The van der Waals surface area contributed by atoms with E-state index in [2.05, 4.69) is 19.9 Å². The Kier molecular flexibility index (Phi) is 11.4. The maximum atomic E-state index is 16.4. The Hall–Kier alpha value is -4.67. The number of carbonyl (C=O) groups is 1. The van der Waals surface area contributed by atoms with Crippen LogP contribution in [-0.2, 0) is 42.5 Å². The lowest BCUT2D eigenvalue weighted by atomic mass is 10.1. The molecule has 0 amide bonds. The fourth-order valence-corrected chi connectivity index (χ4v) is 10.7. The van der Waals surface area contributed by atoms with Gasteiger partial charge in [-0.25, -0.2) is 42.5 Å². The third kappa shape index (κ3) is 8.67. The number of aryl methyl sites for hydroxylation is 1. The number of ether oxygens (including phenoxy) is 3. The molecule has 312 valence electrons. The standard InChI is InChI=1S/C34H34F2N8O12P2S/c1-17-2-6-19(7-3-17)33(45)52-20-8-4-18(5-9-20)14-59-58(49)51-13-22-24(35)27(32(54-22)44-16-41-26-29(38)39-15-40-30(26)44)55-57(47,48)50-12-21-25(36)28(56-58)31(53-21)43-11-10-23(37)42-34(43)46/h2-11,15-16,21-22,24-25,27-28,31-32H,12-14H2,1H3,(H,47,48)(H2,37,42,46)(H2,38,39,40)/t21-,22-,24-,25-,27-,28-,31-,32-,58?/m1/s1. The smallest absolute Gasteiger partial charge is 0.423 e. The van der Waals surface area contributed by atoms with Crippen LogP contribution in [0.3, 0.4) is 0 Å². The maximum Gasteiger partial charge on any atom is 0.472 e. The highest BCUT2D eigenvalue weighted by Crippen LogP contribution is 2.65. The molecule has 6 heterocycles. The molecule has 5 aromatic rings. The molecule has 2 unspecified atom stereocenters. The van der Waals surface area contributed by atoms with E-state index >= 15 is 8.78 Å². The first-order valence-corrected chi connectivity index (χ1v) is 22.3. The highest BCUT2D eigenvalue weighted by molar-refractivity contribution is 8.54. The second kappa shape index (κ2) is 16.4. The number of imidazole rings is 1. The van der Waals surface area contributed by atoms with Gasteiger partial charge in [-0.1, -0.05) is 29.8 Å². The van der Waals surface area contributed by atoms with Crippen LogP contribution in [0.1, 0.15) is 33.9 Å². The number of hydrogen-bond donors (Lipinski definition) is 3. The number of benzene rings is 2. The van der Waals surface area contributed by atoms with E-state index in [1.54, 1.807) is 36.4 Å². The molecular formula is C34H34F2N8O12P2S. The number of aromatic nitrogens is 6. The van der Waals surface area contributed by atoms with E-state index in [4.69, 9.17) is 43.8 Å². The Morgan fingerprint density at radius 2 is 1.58 bits per heavy atom. The van der Waals surface area contributed by atoms with Crippen molar-refractivity contribution in [3.05, 3.63) is 101 Å². The number of fused-ring (bicyclic) bond motifs is 5. The minimum atomic E-state index is -5.25. The first-order valence-electron chi connectivity index (χ1n) is 17.6. The number of rotatable bonds is 7. The molecule has 0 radical (unpaired) electrons. The summed E-state index contributed by atoms with van der Waals surface area (Å²) in [5.74, 6) is -0.654. The van der Waals surface area contributed by atoms with E-state index in [0.717, 1.165) is 22.7 Å². The minimum absolute atomic E-state index is 0.0189. The molecule has 2 aromatic carbocycles. The number of carbonyl (C=O) groups excluding carboxylic acids is 1. The average molecular weight is 879 g/mol. The number of nitrogens with zero attached hydrogens (tertiary/aromatic N) is 6. The zero-order valence-electron chi connectivity index (χ0n) is 30.5. The Bertz CT molecular complexity index is 2520. The largest absolute Gasteiger partial charge is 0.472 e. The number of esters is 1. The van der Waals surface area contributed by atoms with Crippen molar-refractivity contribution in [2.45, 2.75) is 61.9 Å². The molecule has 0 saturated carbocycles. The summed E-state index contributed by atoms with van der Waals surface area (Å²) in [6.45, 7) is -4.59. The quantitative estimate of drug-likeness (QED) is 0.117. The Morgan fingerprint density at radius 1 is 0.915 bits per heavy atom. The van der Waals surface area contributed by atoms with Gasteiger partial charge >= 0.3 is 26.3 Å². The number of hydrogen-bond acceptors (Lipinski definition) is 18. The molecule has 3 aliphatic heterocycles. The van der Waals surface area contributed by atoms with Crippen LogP contribution in [0.2, 0.25) is 0 Å². The van der Waals surface area contributed by atoms with Crippen molar-refractivity contribution in [1.82, 2.24) is 29.1 Å². The lowest BCUT2D eigenvalue weighted by Crippen LogP contribution is -2.36. The number of phosphoric acid groups is 1. The van der Waals surface area contributed by atoms with Gasteiger partial charge in [0.15, 0.2) is 36.3 Å². The zero-order valence-corrected chi connectivity index (χ0v) is 33.1. The molecule has 3 aliphatic rings. The van der Waals surface area contributed by atoms with Crippen molar-refractivity contribution in [1.29, 1.82) is 0 Å². The molecular weight excluding hydrogens is 844 g/mol. The molecule has 0 aliphatic carbocycles. The van der Waals surface area contributed by atoms with Gasteiger partial charge in [-0.3, -0.25) is 27.2 Å². The SMILES string of the molecule is Cc1ccc(C(=O)Oc2ccc(CSP3(=O)OC[C@H]4O[C@@H](n5cnc6c(N)ncnc65)[C@H](OP(=O)(O)OC[C@H]5O[C@@H](n6ccc(N)nc6=O)[C@H](O3)[C@@H]5F)[C@@H]4F)cc2)cc1. The molecule has 3 fully saturated rings. The van der Waals surface area contributed by atoms with Crippen LogP contribution < -0.4 is 21.9 Å². The van der Waals surface area contributed by atoms with E-state index < -0.39 is 88.7 Å². The predicted molar refractivity (Wildman–Crippen MR) is 203 cm³/mol. The second-order valence-electron chi connectivity index (χ2n) is 13.5. The summed E-state index contributed by atoms with van der Waals surface area (Å²) in [6, 6.07) is 14.2. The summed E-state index contributed by atoms with van der Waals surface area (Å²) in [5.41, 5.74) is 12.6. The third-order valence-corrected chi connectivity index (χ3v) is 14.1. The van der Waals surface area contributed by atoms with Gasteiger partial charge in [0.05, 0.1) is 25.1 Å². The Morgan fingerprint density at radius 3 is 2.27 bits per heavy atom. The number of alkyl halides is 2. The van der Waals surface area contributed by atoms with Gasteiger partial charge in [-0.15, -0.1) is 0 Å². The van der Waals surface area contributed by atoms with Gasteiger partial charge in [-0.2, -0.15) is 4.98 Å². The van der Waals surface area contributed by atoms with Crippen LogP contribution >= 0.6 is 26.0 Å². The summed E-state index contributed by atoms with van der Waals surface area (Å²) in [5, 5.41) is 0. The monoisotopic (exact) mass is 878 g/mol. The fourth-order valence-electron chi connectivity index (χ4n) is 6.43. The normalized spacial score (nSPS) is 31.2. The molecule has 3 aromatic heterocycles. The summed E-state index contributed by atoms with van der Waals surface area (Å²) in [4.78, 5) is 52.1. The van der Waals surface area contributed by atoms with E-state index in [1.807, 2.05) is 6.92 Å². The first kappa shape index (κ1) is 41.1. The predicted octanol–water partition coefficient (Wildman–Crippen LogP) is 4.21. The van der Waals surface area contributed by atoms with Crippen molar-refractivity contribution >= 4 is 54.8 Å². The summed E-state index contributed by atoms with van der Waals surface area (Å²) in [7, 11) is -5.25. The topological polar surface area (TPSA) is 267 Å². The van der Waals surface area contributed by atoms with Crippen molar-refractivity contribution in [3.63, 3.8) is 0 Å². The molecule has 8 rings (SSSR count). The number of anilines is 2. The van der Waals surface area contributed by atoms with Gasteiger partial charge < -0.3 is 30.6 Å². The molecule has 5 N–H and O–H groups in total. The molecule has 59 heavy (non-hydrogen) atoms. The van der Waals surface area contributed by atoms with Crippen molar-refractivity contribution in [2.24, 2.45) is 0 Å². The van der Waals surface area contributed by atoms with Crippen LogP contribution in [0.15, 0.2) is 78.2 Å². The summed E-state index contributed by atoms with van der Waals surface area (Å²) < 4.78 is 102. The van der Waals surface area contributed by atoms with Gasteiger partial charge in [-0.05, 0) is 54.2 Å². The van der Waals surface area contributed by atoms with Gasteiger partial charge in [0, 0.05) is 11.9 Å². The molecule has 20 nitrogen and oxygen atoms in total. The van der Waals surface area contributed by atoms with Crippen LogP contribution in [0, 0.1) is 6.92 Å². The molecule has 10 atom stereocenters. The highest BCUT2D eigenvalue weighted by atomic mass is 32.7. The highest BCUT2D eigenvalue weighted by Gasteiger charge is 2.55. The molecule has 0 spiro atoms.